The van der Waals surface area contributed by atoms with Crippen LogP contribution in [0, 0.1) is 6.92 Å². The summed E-state index contributed by atoms with van der Waals surface area (Å²) in [6.07, 6.45) is 2.28. The molecular formula is C13H13BrN2O. The fraction of sp³-hybridized carbons (Fsp3) is 0.385. The largest absolute Gasteiger partial charge is 0.372 e. The van der Waals surface area contributed by atoms with Gasteiger partial charge >= 0.3 is 0 Å². The highest BCUT2D eigenvalue weighted by Crippen LogP contribution is 2.32. The van der Waals surface area contributed by atoms with Gasteiger partial charge in [0.25, 0.3) is 0 Å². The fourth-order valence-electron chi connectivity index (χ4n) is 2.27. The van der Waals surface area contributed by atoms with E-state index >= 15 is 0 Å². The van der Waals surface area contributed by atoms with Gasteiger partial charge in [0.15, 0.2) is 4.73 Å². The lowest BCUT2D eigenvalue weighted by Crippen LogP contribution is -2.02. The second-order valence-electron chi connectivity index (χ2n) is 4.40. The monoisotopic (exact) mass is 292 g/mol. The number of benzene rings is 1. The first-order chi connectivity index (χ1) is 8.24. The molecule has 0 amide bonds. The quantitative estimate of drug-likeness (QED) is 0.754. The number of halogens is 1. The zero-order valence-corrected chi connectivity index (χ0v) is 11.2. The Morgan fingerprint density at radius 3 is 3.00 bits per heavy atom. The molecule has 0 aliphatic carbocycles. The minimum absolute atomic E-state index is 0.125. The first-order valence-electron chi connectivity index (χ1n) is 5.79. The van der Waals surface area contributed by atoms with Crippen LogP contribution in [0.25, 0.3) is 10.9 Å². The van der Waals surface area contributed by atoms with Gasteiger partial charge in [-0.3, -0.25) is 0 Å². The van der Waals surface area contributed by atoms with E-state index in [-0.39, 0.29) is 6.10 Å². The maximum atomic E-state index is 5.72. The van der Waals surface area contributed by atoms with Crippen molar-refractivity contribution in [3.63, 3.8) is 0 Å². The van der Waals surface area contributed by atoms with E-state index in [4.69, 9.17) is 4.74 Å². The lowest BCUT2D eigenvalue weighted by atomic mass is 10.1. The predicted octanol–water partition coefficient (Wildman–Crippen LogP) is 3.55. The van der Waals surface area contributed by atoms with Gasteiger partial charge in [0, 0.05) is 12.0 Å². The van der Waals surface area contributed by atoms with Crippen LogP contribution >= 0.6 is 15.9 Å². The Morgan fingerprint density at radius 1 is 1.35 bits per heavy atom. The van der Waals surface area contributed by atoms with E-state index in [1.54, 1.807) is 0 Å². The van der Waals surface area contributed by atoms with Crippen molar-refractivity contribution in [1.29, 1.82) is 0 Å². The molecule has 3 rings (SSSR count). The molecule has 0 bridgehead atoms. The van der Waals surface area contributed by atoms with Crippen molar-refractivity contribution in [2.75, 3.05) is 6.61 Å². The van der Waals surface area contributed by atoms with Crippen molar-refractivity contribution in [2.24, 2.45) is 0 Å². The highest BCUT2D eigenvalue weighted by Gasteiger charge is 2.22. The van der Waals surface area contributed by atoms with E-state index in [2.05, 4.69) is 51.0 Å². The van der Waals surface area contributed by atoms with Crippen LogP contribution < -0.4 is 0 Å². The van der Waals surface area contributed by atoms with Crippen molar-refractivity contribution in [2.45, 2.75) is 25.9 Å². The van der Waals surface area contributed by atoms with E-state index in [0.717, 1.165) is 36.0 Å². The van der Waals surface area contributed by atoms with Crippen LogP contribution in [0.1, 0.15) is 30.2 Å². The number of ether oxygens (including phenoxy) is 1. The van der Waals surface area contributed by atoms with E-state index in [9.17, 15) is 0 Å². The Hall–Kier alpha value is -1.00. The summed E-state index contributed by atoms with van der Waals surface area (Å²) in [4.78, 5) is 8.91. The van der Waals surface area contributed by atoms with E-state index in [1.165, 1.54) is 5.56 Å². The molecule has 1 saturated heterocycles. The zero-order valence-electron chi connectivity index (χ0n) is 9.61. The predicted molar refractivity (Wildman–Crippen MR) is 69.9 cm³/mol. The summed E-state index contributed by atoms with van der Waals surface area (Å²) in [7, 11) is 0. The fourth-order valence-corrected chi connectivity index (χ4v) is 2.66. The number of fused-ring (bicyclic) bond motifs is 1. The number of aromatic nitrogens is 2. The van der Waals surface area contributed by atoms with Crippen LogP contribution in [-0.2, 0) is 4.74 Å². The normalized spacial score (nSPS) is 20.0. The molecule has 4 heteroatoms. The van der Waals surface area contributed by atoms with Crippen molar-refractivity contribution >= 4 is 26.8 Å². The Bertz CT molecular complexity index is 559. The van der Waals surface area contributed by atoms with Gasteiger partial charge in [-0.25, -0.2) is 9.97 Å². The molecule has 88 valence electrons. The average molecular weight is 293 g/mol. The third-order valence-corrected chi connectivity index (χ3v) is 3.44. The maximum absolute atomic E-state index is 5.72. The van der Waals surface area contributed by atoms with E-state index in [0.29, 0.717) is 4.73 Å². The molecule has 1 aromatic carbocycles. The summed E-state index contributed by atoms with van der Waals surface area (Å²) in [6.45, 7) is 2.90. The smallest absolute Gasteiger partial charge is 0.197 e. The third-order valence-electron chi connectivity index (χ3n) is 3.09. The summed E-state index contributed by atoms with van der Waals surface area (Å²) in [5.74, 6) is 0. The molecule has 17 heavy (non-hydrogen) atoms. The maximum Gasteiger partial charge on any atom is 0.197 e. The molecule has 0 radical (unpaired) electrons. The SMILES string of the molecule is Cc1ccc2c(C3CCCO3)nc(Br)nc2c1. The van der Waals surface area contributed by atoms with Gasteiger partial charge in [0.05, 0.1) is 11.2 Å². The molecular weight excluding hydrogens is 280 g/mol. The summed E-state index contributed by atoms with van der Waals surface area (Å²) >= 11 is 3.38. The molecule has 1 aliphatic rings. The van der Waals surface area contributed by atoms with Gasteiger partial charge in [0.2, 0.25) is 0 Å². The molecule has 0 spiro atoms. The summed E-state index contributed by atoms with van der Waals surface area (Å²) in [6, 6.07) is 6.27. The topological polar surface area (TPSA) is 35.0 Å². The minimum Gasteiger partial charge on any atom is -0.372 e. The number of nitrogens with zero attached hydrogens (tertiary/aromatic N) is 2. The number of rotatable bonds is 1. The third kappa shape index (κ3) is 2.07. The molecule has 1 aromatic heterocycles. The highest BCUT2D eigenvalue weighted by atomic mass is 79.9. The second kappa shape index (κ2) is 4.35. The Morgan fingerprint density at radius 2 is 2.24 bits per heavy atom. The molecule has 0 saturated carbocycles. The van der Waals surface area contributed by atoms with Gasteiger partial charge in [-0.05, 0) is 47.3 Å². The molecule has 1 aliphatic heterocycles. The van der Waals surface area contributed by atoms with Crippen LogP contribution in [-0.4, -0.2) is 16.6 Å². The molecule has 1 fully saturated rings. The average Bonchev–Trinajstić information content (AvgIpc) is 2.80. The van der Waals surface area contributed by atoms with Crippen molar-refractivity contribution < 1.29 is 4.74 Å². The van der Waals surface area contributed by atoms with Crippen LogP contribution in [0.3, 0.4) is 0 Å². The molecule has 0 N–H and O–H groups in total. The van der Waals surface area contributed by atoms with Crippen LogP contribution in [0.15, 0.2) is 22.9 Å². The van der Waals surface area contributed by atoms with E-state index in [1.807, 2.05) is 0 Å². The molecule has 1 atom stereocenters. The van der Waals surface area contributed by atoms with Crippen molar-refractivity contribution in [3.8, 4) is 0 Å². The van der Waals surface area contributed by atoms with Crippen molar-refractivity contribution in [1.82, 2.24) is 9.97 Å². The lowest BCUT2D eigenvalue weighted by Gasteiger charge is -2.12. The number of hydrogen-bond acceptors (Lipinski definition) is 3. The summed E-state index contributed by atoms with van der Waals surface area (Å²) in [5, 5.41) is 1.10. The molecule has 1 unspecified atom stereocenters. The minimum atomic E-state index is 0.125. The number of hydrogen-bond donors (Lipinski definition) is 0. The summed E-state index contributed by atoms with van der Waals surface area (Å²) < 4.78 is 6.36. The Labute approximate surface area is 108 Å². The van der Waals surface area contributed by atoms with Crippen LogP contribution in [0.4, 0.5) is 0 Å². The summed E-state index contributed by atoms with van der Waals surface area (Å²) in [5.41, 5.74) is 3.21. The van der Waals surface area contributed by atoms with Gasteiger partial charge < -0.3 is 4.74 Å². The van der Waals surface area contributed by atoms with Crippen LogP contribution in [0.2, 0.25) is 0 Å². The number of aryl methyl sites for hydroxylation is 1. The van der Waals surface area contributed by atoms with Gasteiger partial charge in [-0.15, -0.1) is 0 Å². The van der Waals surface area contributed by atoms with Crippen LogP contribution in [0.5, 0.6) is 0 Å². The highest BCUT2D eigenvalue weighted by molar-refractivity contribution is 9.10. The molecule has 2 aromatic rings. The standard InChI is InChI=1S/C13H13BrN2O/c1-8-4-5-9-10(7-8)15-13(14)16-12(9)11-3-2-6-17-11/h4-5,7,11H,2-3,6H2,1H3. The Kier molecular flexibility index (Phi) is 2.84. The molecule has 3 nitrogen and oxygen atoms in total. The first-order valence-corrected chi connectivity index (χ1v) is 6.59. The Balaban J connectivity index is 2.21. The molecule has 2 heterocycles. The first kappa shape index (κ1) is 11.1. The van der Waals surface area contributed by atoms with Gasteiger partial charge in [0.1, 0.15) is 6.10 Å². The second-order valence-corrected chi connectivity index (χ2v) is 5.11. The van der Waals surface area contributed by atoms with Gasteiger partial charge in [-0.1, -0.05) is 12.1 Å². The van der Waals surface area contributed by atoms with Gasteiger partial charge in [-0.2, -0.15) is 0 Å². The lowest BCUT2D eigenvalue weighted by molar-refractivity contribution is 0.109. The van der Waals surface area contributed by atoms with Crippen molar-refractivity contribution in [3.05, 3.63) is 34.2 Å². The zero-order chi connectivity index (χ0) is 11.8. The van der Waals surface area contributed by atoms with E-state index < -0.39 is 0 Å².